The molecular formula is C15H19N3O2. The van der Waals surface area contributed by atoms with Gasteiger partial charge in [-0.3, -0.25) is 0 Å². The zero-order chi connectivity index (χ0) is 14.1. The summed E-state index contributed by atoms with van der Waals surface area (Å²) in [5, 5.41) is 4.09. The van der Waals surface area contributed by atoms with Crippen LogP contribution in [-0.4, -0.2) is 16.7 Å². The predicted octanol–water partition coefficient (Wildman–Crippen LogP) is 3.11. The summed E-state index contributed by atoms with van der Waals surface area (Å²) in [6.07, 6.45) is 2.30. The molecule has 1 aromatic heterocycles. The molecule has 20 heavy (non-hydrogen) atoms. The van der Waals surface area contributed by atoms with E-state index in [9.17, 15) is 0 Å². The Kier molecular flexibility index (Phi) is 3.44. The molecule has 0 saturated heterocycles. The Morgan fingerprint density at radius 1 is 1.45 bits per heavy atom. The van der Waals surface area contributed by atoms with Gasteiger partial charge in [0.15, 0.2) is 0 Å². The summed E-state index contributed by atoms with van der Waals surface area (Å²) < 4.78 is 11.1. The minimum absolute atomic E-state index is 0.0427. The number of hydrogen-bond donors (Lipinski definition) is 1. The molecule has 2 N–H and O–H groups in total. The van der Waals surface area contributed by atoms with E-state index in [4.69, 9.17) is 15.0 Å². The van der Waals surface area contributed by atoms with Crippen molar-refractivity contribution in [2.45, 2.75) is 32.8 Å². The third-order valence-electron chi connectivity index (χ3n) is 3.70. The second-order valence-electron chi connectivity index (χ2n) is 5.19. The van der Waals surface area contributed by atoms with E-state index in [0.29, 0.717) is 24.2 Å². The summed E-state index contributed by atoms with van der Waals surface area (Å²) in [6, 6.07) is 5.70. The number of hydrogen-bond acceptors (Lipinski definition) is 5. The number of rotatable bonds is 5. The van der Waals surface area contributed by atoms with Crippen LogP contribution < -0.4 is 5.73 Å². The summed E-state index contributed by atoms with van der Waals surface area (Å²) in [5.41, 5.74) is 8.49. The summed E-state index contributed by atoms with van der Waals surface area (Å²) in [5.74, 6) is 1.68. The highest BCUT2D eigenvalue weighted by Gasteiger charge is 2.36. The molecule has 1 aliphatic rings. The Balaban J connectivity index is 1.91. The van der Waals surface area contributed by atoms with Gasteiger partial charge in [0.1, 0.15) is 6.10 Å². The van der Waals surface area contributed by atoms with Gasteiger partial charge in [-0.25, -0.2) is 0 Å². The van der Waals surface area contributed by atoms with Gasteiger partial charge < -0.3 is 15.0 Å². The molecule has 2 aromatic rings. The van der Waals surface area contributed by atoms with Crippen LogP contribution in [0.1, 0.15) is 37.3 Å². The molecule has 5 nitrogen and oxygen atoms in total. The van der Waals surface area contributed by atoms with Gasteiger partial charge in [0.2, 0.25) is 5.82 Å². The third-order valence-corrected chi connectivity index (χ3v) is 3.70. The van der Waals surface area contributed by atoms with Crippen LogP contribution in [0.3, 0.4) is 0 Å². The normalized spacial score (nSPS) is 16.3. The Bertz CT molecular complexity index is 605. The minimum atomic E-state index is -0.0427. The molecule has 1 aromatic carbocycles. The molecule has 0 radical (unpaired) electrons. The first-order valence-electron chi connectivity index (χ1n) is 7.01. The van der Waals surface area contributed by atoms with Gasteiger partial charge >= 0.3 is 0 Å². The van der Waals surface area contributed by atoms with Crippen molar-refractivity contribution < 1.29 is 9.26 Å². The molecule has 3 rings (SSSR count). The molecule has 5 heteroatoms. The van der Waals surface area contributed by atoms with Gasteiger partial charge in [-0.1, -0.05) is 11.2 Å². The Morgan fingerprint density at radius 3 is 2.95 bits per heavy atom. The fourth-order valence-corrected chi connectivity index (χ4v) is 2.34. The Labute approximate surface area is 118 Å². The van der Waals surface area contributed by atoms with Crippen LogP contribution in [-0.2, 0) is 4.74 Å². The molecule has 1 atom stereocenters. The summed E-state index contributed by atoms with van der Waals surface area (Å²) in [4.78, 5) is 4.50. The Morgan fingerprint density at radius 2 is 2.25 bits per heavy atom. The van der Waals surface area contributed by atoms with Gasteiger partial charge in [-0.2, -0.15) is 4.98 Å². The summed E-state index contributed by atoms with van der Waals surface area (Å²) in [6.45, 7) is 4.59. The smallest absolute Gasteiger partial charge is 0.258 e. The monoisotopic (exact) mass is 273 g/mol. The van der Waals surface area contributed by atoms with Crippen LogP contribution in [0.4, 0.5) is 5.69 Å². The van der Waals surface area contributed by atoms with Crippen LogP contribution in [0.5, 0.6) is 0 Å². The van der Waals surface area contributed by atoms with E-state index in [1.807, 2.05) is 32.0 Å². The third kappa shape index (κ3) is 2.41. The number of nitrogens with zero attached hydrogens (tertiary/aromatic N) is 2. The lowest BCUT2D eigenvalue weighted by molar-refractivity contribution is 0.0385. The number of ether oxygens (including phenoxy) is 1. The van der Waals surface area contributed by atoms with Gasteiger partial charge in [0.25, 0.3) is 5.89 Å². The maximum absolute atomic E-state index is 5.92. The van der Waals surface area contributed by atoms with Crippen LogP contribution in [0, 0.1) is 12.8 Å². The molecule has 106 valence electrons. The average Bonchev–Trinajstić information content (AvgIpc) is 3.17. The first-order chi connectivity index (χ1) is 9.70. The molecule has 1 heterocycles. The standard InChI is InChI=1S/C15H19N3O2/c1-3-19-13(10-7-8-10)14-17-15(20-18-14)11-5-4-6-12(16)9(11)2/h4-6,10,13H,3,7-8,16H2,1-2H3. The van der Waals surface area contributed by atoms with Gasteiger partial charge in [0.05, 0.1) is 0 Å². The van der Waals surface area contributed by atoms with Crippen molar-refractivity contribution >= 4 is 5.69 Å². The molecule has 1 aliphatic carbocycles. The van der Waals surface area contributed by atoms with Crippen molar-refractivity contribution in [3.05, 3.63) is 29.6 Å². The number of nitrogens with two attached hydrogens (primary N) is 1. The van der Waals surface area contributed by atoms with E-state index in [1.165, 1.54) is 12.8 Å². The highest BCUT2D eigenvalue weighted by Crippen LogP contribution is 2.42. The quantitative estimate of drug-likeness (QED) is 0.847. The van der Waals surface area contributed by atoms with Gasteiger partial charge in [-0.05, 0) is 50.3 Å². The van der Waals surface area contributed by atoms with Crippen molar-refractivity contribution in [2.75, 3.05) is 12.3 Å². The topological polar surface area (TPSA) is 74.2 Å². The molecule has 1 unspecified atom stereocenters. The fourth-order valence-electron chi connectivity index (χ4n) is 2.34. The van der Waals surface area contributed by atoms with Gasteiger partial charge in [-0.15, -0.1) is 0 Å². The minimum Gasteiger partial charge on any atom is -0.398 e. The van der Waals surface area contributed by atoms with Crippen molar-refractivity contribution in [3.8, 4) is 11.5 Å². The van der Waals surface area contributed by atoms with E-state index in [1.54, 1.807) is 0 Å². The average molecular weight is 273 g/mol. The van der Waals surface area contributed by atoms with Crippen LogP contribution in [0.15, 0.2) is 22.7 Å². The maximum Gasteiger partial charge on any atom is 0.258 e. The number of anilines is 1. The van der Waals surface area contributed by atoms with E-state index >= 15 is 0 Å². The lowest BCUT2D eigenvalue weighted by atomic mass is 10.1. The number of nitrogen functional groups attached to an aromatic ring is 1. The highest BCUT2D eigenvalue weighted by molar-refractivity contribution is 5.66. The van der Waals surface area contributed by atoms with Crippen molar-refractivity contribution in [3.63, 3.8) is 0 Å². The zero-order valence-corrected chi connectivity index (χ0v) is 11.8. The Hall–Kier alpha value is -1.88. The predicted molar refractivity (Wildman–Crippen MR) is 76.0 cm³/mol. The molecule has 0 aliphatic heterocycles. The van der Waals surface area contributed by atoms with E-state index < -0.39 is 0 Å². The second kappa shape index (κ2) is 5.25. The first kappa shape index (κ1) is 13.1. The fraction of sp³-hybridized carbons (Fsp3) is 0.467. The molecule has 1 saturated carbocycles. The second-order valence-corrected chi connectivity index (χ2v) is 5.19. The van der Waals surface area contributed by atoms with E-state index in [2.05, 4.69) is 10.1 Å². The lowest BCUT2D eigenvalue weighted by Crippen LogP contribution is -2.08. The van der Waals surface area contributed by atoms with Crippen molar-refractivity contribution in [2.24, 2.45) is 5.92 Å². The maximum atomic E-state index is 5.92. The van der Waals surface area contributed by atoms with Crippen molar-refractivity contribution in [1.82, 2.24) is 10.1 Å². The molecule has 0 amide bonds. The van der Waals surface area contributed by atoms with Crippen LogP contribution in [0.25, 0.3) is 11.5 Å². The van der Waals surface area contributed by atoms with E-state index in [-0.39, 0.29) is 6.10 Å². The first-order valence-corrected chi connectivity index (χ1v) is 7.01. The molecule has 1 fully saturated rings. The van der Waals surface area contributed by atoms with Crippen LogP contribution >= 0.6 is 0 Å². The van der Waals surface area contributed by atoms with Crippen molar-refractivity contribution in [1.29, 1.82) is 0 Å². The SMILES string of the molecule is CCOC(c1noc(-c2cccc(N)c2C)n1)C1CC1. The summed E-state index contributed by atoms with van der Waals surface area (Å²) >= 11 is 0. The molecule has 0 bridgehead atoms. The molecule has 0 spiro atoms. The van der Waals surface area contributed by atoms with Gasteiger partial charge in [0, 0.05) is 17.9 Å². The number of benzene rings is 1. The largest absolute Gasteiger partial charge is 0.398 e. The zero-order valence-electron chi connectivity index (χ0n) is 11.8. The highest BCUT2D eigenvalue weighted by atomic mass is 16.5. The van der Waals surface area contributed by atoms with Crippen LogP contribution in [0.2, 0.25) is 0 Å². The lowest BCUT2D eigenvalue weighted by Gasteiger charge is -2.11. The number of aromatic nitrogens is 2. The van der Waals surface area contributed by atoms with E-state index in [0.717, 1.165) is 16.8 Å². The molecular weight excluding hydrogens is 254 g/mol. The summed E-state index contributed by atoms with van der Waals surface area (Å²) in [7, 11) is 0.